The second-order valence-electron chi connectivity index (χ2n) is 15.0. The lowest BCUT2D eigenvalue weighted by molar-refractivity contribution is 0.103. The van der Waals surface area contributed by atoms with Crippen LogP contribution in [0.5, 0.6) is 23.0 Å². The van der Waals surface area contributed by atoms with Crippen LogP contribution >= 0.6 is 0 Å². The minimum Gasteiger partial charge on any atom is -0.507 e. The molecule has 0 aliphatic rings. The number of benzene rings is 6. The summed E-state index contributed by atoms with van der Waals surface area (Å²) >= 11 is 0. The number of carbonyl (C=O) groups excluding carboxylic acids is 2. The van der Waals surface area contributed by atoms with Crippen LogP contribution in [0.25, 0.3) is 12.2 Å². The largest absolute Gasteiger partial charge is 0.507 e. The SMILES string of the molecule is O=C(/C=C/c1cc(Cc2ccc(OCc3cn(Cc4ccccc4)nn3)c(/C=C/C(=O)c3cc(F)ccc3O)c2)ccc1OCc1cn(Cc2ccccc2)nn1)c1cc(F)ccc1O. The Labute approximate surface area is 372 Å². The van der Waals surface area contributed by atoms with Crippen molar-refractivity contribution in [3.63, 3.8) is 0 Å². The van der Waals surface area contributed by atoms with Crippen LogP contribution in [0.2, 0.25) is 0 Å². The highest BCUT2D eigenvalue weighted by Crippen LogP contribution is 2.29. The molecule has 0 spiro atoms. The third-order valence-electron chi connectivity index (χ3n) is 10.1. The minimum atomic E-state index is -0.667. The summed E-state index contributed by atoms with van der Waals surface area (Å²) in [6.07, 6.45) is 9.49. The molecule has 65 heavy (non-hydrogen) atoms. The average molecular weight is 871 g/mol. The Balaban J connectivity index is 1.05. The van der Waals surface area contributed by atoms with E-state index in [4.69, 9.17) is 9.47 Å². The Hall–Kier alpha value is -8.52. The fourth-order valence-electron chi connectivity index (χ4n) is 6.90. The van der Waals surface area contributed by atoms with Gasteiger partial charge in [0, 0.05) is 11.1 Å². The first kappa shape index (κ1) is 43.1. The fraction of sp³-hybridized carbons (Fsp3) is 0.0980. The second kappa shape index (κ2) is 20.1. The molecule has 0 radical (unpaired) electrons. The third kappa shape index (κ3) is 11.5. The van der Waals surface area contributed by atoms with Gasteiger partial charge in [-0.1, -0.05) is 83.2 Å². The Bertz CT molecular complexity index is 2820. The van der Waals surface area contributed by atoms with E-state index in [9.17, 15) is 28.6 Å². The molecule has 324 valence electrons. The highest BCUT2D eigenvalue weighted by molar-refractivity contribution is 6.09. The summed E-state index contributed by atoms with van der Waals surface area (Å²) in [4.78, 5) is 26.4. The molecule has 8 rings (SSSR count). The van der Waals surface area contributed by atoms with Gasteiger partial charge in [-0.3, -0.25) is 9.59 Å². The van der Waals surface area contributed by atoms with Gasteiger partial charge in [0.15, 0.2) is 11.6 Å². The van der Waals surface area contributed by atoms with E-state index in [0.29, 0.717) is 53.5 Å². The van der Waals surface area contributed by atoms with Gasteiger partial charge in [-0.15, -0.1) is 10.2 Å². The fourth-order valence-corrected chi connectivity index (χ4v) is 6.90. The lowest BCUT2D eigenvalue weighted by Gasteiger charge is -2.13. The summed E-state index contributed by atoms with van der Waals surface area (Å²) in [5.74, 6) is -2.43. The zero-order valence-corrected chi connectivity index (χ0v) is 34.7. The molecular weight excluding hydrogens is 831 g/mol. The highest BCUT2D eigenvalue weighted by atomic mass is 19.1. The lowest BCUT2D eigenvalue weighted by atomic mass is 9.99. The molecule has 0 aliphatic heterocycles. The van der Waals surface area contributed by atoms with Crippen molar-refractivity contribution in [1.29, 1.82) is 0 Å². The number of halogens is 2. The number of nitrogens with zero attached hydrogens (tertiary/aromatic N) is 6. The molecule has 8 aromatic rings. The van der Waals surface area contributed by atoms with E-state index in [1.165, 1.54) is 24.3 Å². The van der Waals surface area contributed by atoms with Crippen LogP contribution in [0.1, 0.15) is 65.5 Å². The molecule has 0 saturated heterocycles. The summed E-state index contributed by atoms with van der Waals surface area (Å²) in [6, 6.07) is 36.9. The molecule has 0 fully saturated rings. The van der Waals surface area contributed by atoms with Crippen LogP contribution in [0.4, 0.5) is 8.78 Å². The molecule has 12 nitrogen and oxygen atoms in total. The smallest absolute Gasteiger partial charge is 0.189 e. The number of aromatic nitrogens is 6. The summed E-state index contributed by atoms with van der Waals surface area (Å²) in [5.41, 5.74) is 5.54. The summed E-state index contributed by atoms with van der Waals surface area (Å²) in [5, 5.41) is 37.5. The van der Waals surface area contributed by atoms with Crippen LogP contribution < -0.4 is 9.47 Å². The molecule has 0 amide bonds. The van der Waals surface area contributed by atoms with Crippen molar-refractivity contribution in [3.05, 3.63) is 226 Å². The third-order valence-corrected chi connectivity index (χ3v) is 10.1. The molecule has 14 heteroatoms. The number of allylic oxidation sites excluding steroid dienone is 2. The van der Waals surface area contributed by atoms with Crippen LogP contribution in [0.15, 0.2) is 158 Å². The van der Waals surface area contributed by atoms with Gasteiger partial charge in [-0.25, -0.2) is 18.1 Å². The van der Waals surface area contributed by atoms with E-state index in [2.05, 4.69) is 20.6 Å². The molecule has 2 N–H and O–H groups in total. The number of phenols is 2. The van der Waals surface area contributed by atoms with Crippen LogP contribution in [-0.2, 0) is 32.7 Å². The zero-order valence-electron chi connectivity index (χ0n) is 34.7. The molecule has 0 aliphatic carbocycles. The quantitative estimate of drug-likeness (QED) is 0.0630. The maximum absolute atomic E-state index is 14.0. The van der Waals surface area contributed by atoms with E-state index in [-0.39, 0.29) is 35.8 Å². The number of carbonyl (C=O) groups is 2. The van der Waals surface area contributed by atoms with Crippen LogP contribution in [-0.4, -0.2) is 51.8 Å². The molecule has 0 saturated carbocycles. The van der Waals surface area contributed by atoms with Crippen molar-refractivity contribution in [1.82, 2.24) is 30.0 Å². The molecule has 0 atom stereocenters. The van der Waals surface area contributed by atoms with Gasteiger partial charge in [0.2, 0.25) is 0 Å². The predicted molar refractivity (Wildman–Crippen MR) is 238 cm³/mol. The minimum absolute atomic E-state index is 0.0697. The topological polar surface area (TPSA) is 154 Å². The molecule has 2 aromatic heterocycles. The first-order chi connectivity index (χ1) is 31.6. The van der Waals surface area contributed by atoms with Crippen molar-refractivity contribution >= 4 is 23.7 Å². The van der Waals surface area contributed by atoms with Gasteiger partial charge in [0.05, 0.1) is 36.6 Å². The molecule has 6 aromatic carbocycles. The van der Waals surface area contributed by atoms with E-state index in [1.807, 2.05) is 84.9 Å². The zero-order chi connectivity index (χ0) is 45.1. The van der Waals surface area contributed by atoms with Crippen molar-refractivity contribution in [2.24, 2.45) is 0 Å². The molecule has 0 unspecified atom stereocenters. The van der Waals surface area contributed by atoms with Gasteiger partial charge < -0.3 is 19.7 Å². The average Bonchev–Trinajstić information content (AvgIpc) is 3.97. The predicted octanol–water partition coefficient (Wildman–Crippen LogP) is 9.20. The summed E-state index contributed by atoms with van der Waals surface area (Å²) in [6.45, 7) is 1.20. The monoisotopic (exact) mass is 870 g/mol. The van der Waals surface area contributed by atoms with Gasteiger partial charge in [0.1, 0.15) is 59.2 Å². The maximum atomic E-state index is 14.0. The Morgan fingerprint density at radius 2 is 0.969 bits per heavy atom. The van der Waals surface area contributed by atoms with Crippen LogP contribution in [0, 0.1) is 11.6 Å². The van der Waals surface area contributed by atoms with E-state index >= 15 is 0 Å². The van der Waals surface area contributed by atoms with Gasteiger partial charge in [0.25, 0.3) is 0 Å². The van der Waals surface area contributed by atoms with E-state index in [0.717, 1.165) is 58.7 Å². The van der Waals surface area contributed by atoms with Crippen molar-refractivity contribution < 1.29 is 38.1 Å². The normalized spacial score (nSPS) is 11.4. The van der Waals surface area contributed by atoms with Crippen LogP contribution in [0.3, 0.4) is 0 Å². The van der Waals surface area contributed by atoms with Gasteiger partial charge >= 0.3 is 0 Å². The summed E-state index contributed by atoms with van der Waals surface area (Å²) < 4.78 is 43.9. The number of hydrogen-bond donors (Lipinski definition) is 2. The van der Waals surface area contributed by atoms with Gasteiger partial charge in [-0.2, -0.15) is 0 Å². The van der Waals surface area contributed by atoms with Crippen molar-refractivity contribution in [2.75, 3.05) is 0 Å². The Morgan fingerprint density at radius 1 is 0.538 bits per heavy atom. The number of aromatic hydroxyl groups is 2. The number of rotatable bonds is 18. The van der Waals surface area contributed by atoms with E-state index in [1.54, 1.807) is 33.9 Å². The number of phenolic OH excluding ortho intramolecular Hbond substituents is 2. The second-order valence-corrected chi connectivity index (χ2v) is 15.0. The lowest BCUT2D eigenvalue weighted by Crippen LogP contribution is -2.01. The number of ether oxygens (including phenoxy) is 2. The first-order valence-electron chi connectivity index (χ1n) is 20.4. The Kier molecular flexibility index (Phi) is 13.4. The molecular formula is C51H40F2N6O6. The molecule has 0 bridgehead atoms. The van der Waals surface area contributed by atoms with E-state index < -0.39 is 23.2 Å². The van der Waals surface area contributed by atoms with Crippen molar-refractivity contribution in [2.45, 2.75) is 32.7 Å². The standard InChI is InChI=1S/C51H40F2N6O6/c52-40-15-19-48(62)44(26-40)46(60)17-13-38-24-36(11-21-50(38)64-32-42-30-58(56-54-42)28-34-7-3-1-4-8-34)23-37-12-22-51(39(25-37)14-18-47(61)45-27-41(53)16-20-49(45)63)65-33-43-31-59(57-55-43)29-35-9-5-2-6-10-35/h1-22,24-27,30-31,62-63H,23,28-29,32-33H2/b17-13+,18-14+. The first-order valence-corrected chi connectivity index (χ1v) is 20.4. The highest BCUT2D eigenvalue weighted by Gasteiger charge is 2.15. The van der Waals surface area contributed by atoms with Crippen molar-refractivity contribution in [3.8, 4) is 23.0 Å². The molecule has 2 heterocycles. The Morgan fingerprint density at radius 3 is 1.40 bits per heavy atom. The summed E-state index contributed by atoms with van der Waals surface area (Å²) in [7, 11) is 0. The van der Waals surface area contributed by atoms with Gasteiger partial charge in [-0.05, 0) is 114 Å². The maximum Gasteiger partial charge on any atom is 0.189 e. The number of ketones is 2. The number of hydrogen-bond acceptors (Lipinski definition) is 10.